The minimum atomic E-state index is -4.61. The Morgan fingerprint density at radius 1 is 1.21 bits per heavy atom. The molecule has 0 bridgehead atoms. The molecule has 0 aliphatic carbocycles. The first-order chi connectivity index (χ1) is 12.7. The third-order valence-electron chi connectivity index (χ3n) is 3.55. The lowest BCUT2D eigenvalue weighted by Gasteiger charge is -2.12. The first-order valence-corrected chi connectivity index (χ1v) is 8.18. The molecule has 0 saturated heterocycles. The van der Waals surface area contributed by atoms with Gasteiger partial charge in [0, 0.05) is 31.3 Å². The average molecular weight is 455 g/mol. The van der Waals surface area contributed by atoms with Gasteiger partial charge in [-0.1, -0.05) is 6.07 Å². The van der Waals surface area contributed by atoms with Crippen molar-refractivity contribution < 1.29 is 22.7 Å². The Hall–Kier alpha value is -2.07. The highest BCUT2D eigenvalue weighted by molar-refractivity contribution is 5.94. The molecule has 0 saturated carbocycles. The molecule has 3 N–H and O–H groups in total. The number of ether oxygens (including phenoxy) is 1. The zero-order valence-corrected chi connectivity index (χ0v) is 17.5. The Morgan fingerprint density at radius 2 is 1.90 bits per heavy atom. The summed E-state index contributed by atoms with van der Waals surface area (Å²) in [6.45, 7) is 1.06. The number of nitrogens with one attached hydrogen (secondary N) is 1. The van der Waals surface area contributed by atoms with Crippen LogP contribution in [0.4, 0.5) is 13.2 Å². The van der Waals surface area contributed by atoms with Crippen molar-refractivity contribution in [3.05, 3.63) is 53.2 Å². The second kappa shape index (κ2) is 11.8. The van der Waals surface area contributed by atoms with Gasteiger partial charge in [0.25, 0.3) is 5.91 Å². The molecule has 1 aromatic heterocycles. The van der Waals surface area contributed by atoms with Crippen molar-refractivity contribution in [2.75, 3.05) is 27.2 Å². The van der Waals surface area contributed by atoms with Crippen LogP contribution in [0.3, 0.4) is 0 Å². The quantitative estimate of drug-likeness (QED) is 0.669. The first kappa shape index (κ1) is 26.9. The molecule has 1 amide bonds. The number of hydrogen-bond acceptors (Lipinski definition) is 5. The van der Waals surface area contributed by atoms with Crippen LogP contribution in [0.15, 0.2) is 36.4 Å². The third kappa shape index (κ3) is 8.45. The van der Waals surface area contributed by atoms with Gasteiger partial charge >= 0.3 is 6.18 Å². The molecule has 0 unspecified atom stereocenters. The van der Waals surface area contributed by atoms with E-state index in [2.05, 4.69) is 10.3 Å². The molecular weight excluding hydrogens is 432 g/mol. The van der Waals surface area contributed by atoms with Crippen molar-refractivity contribution in [1.82, 2.24) is 15.2 Å². The SMILES string of the molecule is CN(C)CCNC(=O)c1cccc(Oc2cc(CN)cc(C(F)(F)F)n2)c1.Cl.Cl. The standard InChI is InChI=1S/C18H21F3N4O2.2ClH/c1-25(2)7-6-23-17(26)13-4-3-5-14(10-13)27-16-9-12(11-22)8-15(24-16)18(19,20)21;;/h3-5,8-10H,6-7,11,22H2,1-2H3,(H,23,26);2*1H. The lowest BCUT2D eigenvalue weighted by Crippen LogP contribution is -2.31. The van der Waals surface area contributed by atoms with Crippen LogP contribution in [-0.4, -0.2) is 43.0 Å². The number of amides is 1. The highest BCUT2D eigenvalue weighted by Crippen LogP contribution is 2.31. The van der Waals surface area contributed by atoms with Gasteiger partial charge in [0.15, 0.2) is 0 Å². The van der Waals surface area contributed by atoms with Crippen molar-refractivity contribution in [3.8, 4) is 11.6 Å². The molecule has 6 nitrogen and oxygen atoms in total. The highest BCUT2D eigenvalue weighted by Gasteiger charge is 2.33. The third-order valence-corrected chi connectivity index (χ3v) is 3.55. The minimum Gasteiger partial charge on any atom is -0.439 e. The van der Waals surface area contributed by atoms with Gasteiger partial charge in [-0.2, -0.15) is 13.2 Å². The van der Waals surface area contributed by atoms with Gasteiger partial charge in [0.05, 0.1) is 0 Å². The van der Waals surface area contributed by atoms with E-state index < -0.39 is 11.9 Å². The molecule has 0 aliphatic rings. The van der Waals surface area contributed by atoms with E-state index in [4.69, 9.17) is 10.5 Å². The van der Waals surface area contributed by atoms with Crippen LogP contribution < -0.4 is 15.8 Å². The molecule has 0 atom stereocenters. The maximum atomic E-state index is 13.0. The fourth-order valence-corrected chi connectivity index (χ4v) is 2.19. The lowest BCUT2D eigenvalue weighted by molar-refractivity contribution is -0.141. The van der Waals surface area contributed by atoms with E-state index in [1.165, 1.54) is 18.2 Å². The average Bonchev–Trinajstić information content (AvgIpc) is 2.60. The van der Waals surface area contributed by atoms with Crippen molar-refractivity contribution in [2.24, 2.45) is 5.73 Å². The Kier molecular flexibility index (Phi) is 11.0. The van der Waals surface area contributed by atoms with Crippen LogP contribution in [-0.2, 0) is 12.7 Å². The van der Waals surface area contributed by atoms with Gasteiger partial charge in [-0.3, -0.25) is 4.79 Å². The van der Waals surface area contributed by atoms with E-state index >= 15 is 0 Å². The topological polar surface area (TPSA) is 80.5 Å². The smallest absolute Gasteiger partial charge is 0.433 e. The molecule has 2 rings (SSSR count). The van der Waals surface area contributed by atoms with Gasteiger partial charge in [0.1, 0.15) is 11.4 Å². The molecule has 0 aliphatic heterocycles. The van der Waals surface area contributed by atoms with Gasteiger partial charge < -0.3 is 20.7 Å². The summed E-state index contributed by atoms with van der Waals surface area (Å²) in [6.07, 6.45) is -4.61. The monoisotopic (exact) mass is 454 g/mol. The zero-order valence-electron chi connectivity index (χ0n) is 15.8. The second-order valence-electron chi connectivity index (χ2n) is 6.09. The molecule has 2 aromatic rings. The molecule has 11 heteroatoms. The van der Waals surface area contributed by atoms with Crippen LogP contribution >= 0.6 is 24.8 Å². The number of carbonyl (C=O) groups excluding carboxylic acids is 1. The summed E-state index contributed by atoms with van der Waals surface area (Å²) in [7, 11) is 3.77. The van der Waals surface area contributed by atoms with Crippen LogP contribution in [0.1, 0.15) is 21.6 Å². The number of halogens is 5. The van der Waals surface area contributed by atoms with Crippen LogP contribution in [0.2, 0.25) is 0 Å². The summed E-state index contributed by atoms with van der Waals surface area (Å²) in [5.41, 5.74) is 4.94. The number of hydrogen-bond donors (Lipinski definition) is 2. The summed E-state index contributed by atoms with van der Waals surface area (Å²) in [5.74, 6) is -0.345. The molecular formula is C18H23Cl2F3N4O2. The number of nitrogens with two attached hydrogens (primary N) is 1. The van der Waals surface area contributed by atoms with Gasteiger partial charge in [-0.15, -0.1) is 24.8 Å². The van der Waals surface area contributed by atoms with E-state index in [1.807, 2.05) is 19.0 Å². The number of pyridine rings is 1. The van der Waals surface area contributed by atoms with Crippen LogP contribution in [0, 0.1) is 0 Å². The van der Waals surface area contributed by atoms with Gasteiger partial charge in [0.2, 0.25) is 5.88 Å². The fraction of sp³-hybridized carbons (Fsp3) is 0.333. The maximum Gasteiger partial charge on any atom is 0.433 e. The van der Waals surface area contributed by atoms with E-state index in [9.17, 15) is 18.0 Å². The number of carbonyl (C=O) groups is 1. The Labute approximate surface area is 179 Å². The number of nitrogens with zero attached hydrogens (tertiary/aromatic N) is 2. The number of likely N-dealkylation sites (N-methyl/N-ethyl adjacent to an activating group) is 1. The number of aromatic nitrogens is 1. The van der Waals surface area contributed by atoms with Crippen molar-refractivity contribution in [3.63, 3.8) is 0 Å². The van der Waals surface area contributed by atoms with Crippen LogP contribution in [0.25, 0.3) is 0 Å². The molecule has 1 aromatic carbocycles. The van der Waals surface area contributed by atoms with Crippen molar-refractivity contribution in [1.29, 1.82) is 0 Å². The van der Waals surface area contributed by atoms with Crippen LogP contribution in [0.5, 0.6) is 11.6 Å². The van der Waals surface area contributed by atoms with Crippen molar-refractivity contribution in [2.45, 2.75) is 12.7 Å². The normalized spacial score (nSPS) is 10.7. The minimum absolute atomic E-state index is 0. The number of alkyl halides is 3. The van der Waals surface area contributed by atoms with E-state index in [1.54, 1.807) is 12.1 Å². The summed E-state index contributed by atoms with van der Waals surface area (Å²) in [5, 5.41) is 2.75. The molecule has 0 spiro atoms. The summed E-state index contributed by atoms with van der Waals surface area (Å²) >= 11 is 0. The van der Waals surface area contributed by atoms with Gasteiger partial charge in [-0.05, 0) is 43.9 Å². The number of benzene rings is 1. The molecule has 29 heavy (non-hydrogen) atoms. The molecule has 0 fully saturated rings. The fourth-order valence-electron chi connectivity index (χ4n) is 2.19. The Balaban J connectivity index is 0.00000392. The lowest BCUT2D eigenvalue weighted by atomic mass is 10.2. The predicted octanol–water partition coefficient (Wildman–Crippen LogP) is 3.49. The zero-order chi connectivity index (χ0) is 20.0. The first-order valence-electron chi connectivity index (χ1n) is 8.18. The van der Waals surface area contributed by atoms with Crippen molar-refractivity contribution >= 4 is 30.7 Å². The summed E-state index contributed by atoms with van der Waals surface area (Å²) in [6, 6.07) is 8.34. The Morgan fingerprint density at radius 3 is 2.48 bits per heavy atom. The van der Waals surface area contributed by atoms with Gasteiger partial charge in [-0.25, -0.2) is 4.98 Å². The number of rotatable bonds is 7. The molecule has 1 heterocycles. The van der Waals surface area contributed by atoms with E-state index in [0.717, 1.165) is 6.07 Å². The Bertz CT molecular complexity index is 805. The van der Waals surface area contributed by atoms with E-state index in [0.29, 0.717) is 18.7 Å². The molecule has 0 radical (unpaired) electrons. The summed E-state index contributed by atoms with van der Waals surface area (Å²) < 4.78 is 44.3. The summed E-state index contributed by atoms with van der Waals surface area (Å²) in [4.78, 5) is 17.6. The predicted molar refractivity (Wildman–Crippen MR) is 109 cm³/mol. The highest BCUT2D eigenvalue weighted by atomic mass is 35.5. The molecule has 162 valence electrons. The maximum absolute atomic E-state index is 13.0. The largest absolute Gasteiger partial charge is 0.439 e. The second-order valence-corrected chi connectivity index (χ2v) is 6.09. The van der Waals surface area contributed by atoms with E-state index in [-0.39, 0.29) is 54.5 Å².